The van der Waals surface area contributed by atoms with Gasteiger partial charge in [0, 0.05) is 5.56 Å². The molecule has 7 heteroatoms. The average Bonchev–Trinajstić information content (AvgIpc) is 2.97. The number of aryl methyl sites for hydroxylation is 1. The van der Waals surface area contributed by atoms with Gasteiger partial charge in [-0.25, -0.2) is 0 Å². The summed E-state index contributed by atoms with van der Waals surface area (Å²) in [6, 6.07) is 7.73. The Morgan fingerprint density at radius 2 is 1.91 bits per heavy atom. The molecule has 0 aliphatic carbocycles. The average molecular weight is 328 g/mol. The van der Waals surface area contributed by atoms with Crippen LogP contribution in [0.3, 0.4) is 0 Å². The smallest absolute Gasteiger partial charge is 0.265 e. The van der Waals surface area contributed by atoms with Gasteiger partial charge in [0.15, 0.2) is 5.78 Å². The third kappa shape index (κ3) is 3.79. The second-order valence-electron chi connectivity index (χ2n) is 5.44. The number of rotatable bonds is 5. The molecule has 1 amide bonds. The second-order valence-corrected chi connectivity index (χ2v) is 6.19. The highest BCUT2D eigenvalue weighted by molar-refractivity contribution is 7.08. The first kappa shape index (κ1) is 16.8. The summed E-state index contributed by atoms with van der Waals surface area (Å²) < 4.78 is 3.73. The molecule has 1 aromatic heterocycles. The van der Waals surface area contributed by atoms with Gasteiger partial charge in [0.2, 0.25) is 0 Å². The topological polar surface area (TPSA) is 95.7 Å². The fourth-order valence-corrected chi connectivity index (χ4v) is 2.63. The van der Waals surface area contributed by atoms with Crippen LogP contribution in [0.1, 0.15) is 45.1 Å². The fourth-order valence-electron chi connectivity index (χ4n) is 2.07. The molecule has 118 valence electrons. The van der Waals surface area contributed by atoms with E-state index >= 15 is 0 Å². The van der Waals surface area contributed by atoms with E-state index in [1.165, 1.54) is 0 Å². The minimum atomic E-state index is -0.656. The monoisotopic (exact) mass is 328 g/mol. The number of amides is 1. The first-order chi connectivity index (χ1) is 10.9. The molecule has 0 aliphatic heterocycles. The van der Waals surface area contributed by atoms with Gasteiger partial charge in [0.1, 0.15) is 4.88 Å². The van der Waals surface area contributed by atoms with Crippen molar-refractivity contribution in [3.8, 4) is 6.07 Å². The molecule has 6 nitrogen and oxygen atoms in total. The second kappa shape index (κ2) is 7.11. The van der Waals surface area contributed by atoms with Crippen LogP contribution in [0.4, 0.5) is 0 Å². The number of aromatic nitrogens is 2. The lowest BCUT2D eigenvalue weighted by molar-refractivity contribution is 0.0833. The van der Waals surface area contributed by atoms with Gasteiger partial charge in [-0.15, -0.1) is 5.10 Å². The SMILES string of the molecule is Cc1nnsc1C(=O)NC(C(=O)c1ccc(C#N)cc1)C(C)C. The van der Waals surface area contributed by atoms with Crippen molar-refractivity contribution in [2.24, 2.45) is 5.92 Å². The zero-order valence-corrected chi connectivity index (χ0v) is 13.8. The molecule has 0 saturated heterocycles. The molecule has 1 atom stereocenters. The van der Waals surface area contributed by atoms with Crippen LogP contribution in [0, 0.1) is 24.2 Å². The number of nitrogens with one attached hydrogen (secondary N) is 1. The lowest BCUT2D eigenvalue weighted by Crippen LogP contribution is -2.44. The molecule has 1 aromatic carbocycles. The van der Waals surface area contributed by atoms with Gasteiger partial charge >= 0.3 is 0 Å². The predicted octanol–water partition coefficient (Wildman–Crippen LogP) is 2.36. The van der Waals surface area contributed by atoms with Crippen LogP contribution in [0.15, 0.2) is 24.3 Å². The van der Waals surface area contributed by atoms with E-state index in [4.69, 9.17) is 5.26 Å². The molecule has 0 saturated carbocycles. The predicted molar refractivity (Wildman–Crippen MR) is 86.2 cm³/mol. The standard InChI is InChI=1S/C16H16N4O2S/c1-9(2)13(18-16(22)15-10(3)19-20-23-15)14(21)12-6-4-11(8-17)5-7-12/h4-7,9,13H,1-3H3,(H,18,22). The Morgan fingerprint density at radius 3 is 2.39 bits per heavy atom. The van der Waals surface area contributed by atoms with Gasteiger partial charge in [-0.2, -0.15) is 5.26 Å². The van der Waals surface area contributed by atoms with Crippen molar-refractivity contribution in [1.29, 1.82) is 5.26 Å². The highest BCUT2D eigenvalue weighted by atomic mass is 32.1. The summed E-state index contributed by atoms with van der Waals surface area (Å²) in [7, 11) is 0. The normalized spacial score (nSPS) is 11.8. The van der Waals surface area contributed by atoms with Gasteiger partial charge in [0.25, 0.3) is 5.91 Å². The summed E-state index contributed by atoms with van der Waals surface area (Å²) >= 11 is 1.00. The third-order valence-corrected chi connectivity index (χ3v) is 4.22. The molecule has 1 heterocycles. The first-order valence-corrected chi connectivity index (χ1v) is 7.85. The van der Waals surface area contributed by atoms with Gasteiger partial charge < -0.3 is 5.32 Å². The first-order valence-electron chi connectivity index (χ1n) is 7.08. The van der Waals surface area contributed by atoms with Crippen LogP contribution >= 0.6 is 11.5 Å². The van der Waals surface area contributed by atoms with E-state index in [9.17, 15) is 9.59 Å². The minimum absolute atomic E-state index is 0.0803. The molecule has 1 N–H and O–H groups in total. The minimum Gasteiger partial charge on any atom is -0.341 e. The van der Waals surface area contributed by atoms with Gasteiger partial charge in [0.05, 0.1) is 23.4 Å². The van der Waals surface area contributed by atoms with Crippen molar-refractivity contribution in [2.75, 3.05) is 0 Å². The molecule has 1 unspecified atom stereocenters. The highest BCUT2D eigenvalue weighted by Gasteiger charge is 2.27. The van der Waals surface area contributed by atoms with Crippen molar-refractivity contribution in [3.63, 3.8) is 0 Å². The molecule has 0 fully saturated rings. The Bertz CT molecular complexity index is 759. The Labute approximate surface area is 138 Å². The number of Topliss-reactive ketones (excluding diaryl/α,β-unsaturated/α-hetero) is 1. The van der Waals surface area contributed by atoms with Crippen LogP contribution < -0.4 is 5.32 Å². The third-order valence-electron chi connectivity index (χ3n) is 3.39. The number of benzene rings is 1. The summed E-state index contributed by atoms with van der Waals surface area (Å²) in [5.74, 6) is -0.616. The number of nitrogens with zero attached hydrogens (tertiary/aromatic N) is 3. The number of ketones is 1. The van der Waals surface area contributed by atoms with E-state index in [0.717, 1.165) is 11.5 Å². The van der Waals surface area contributed by atoms with Crippen molar-refractivity contribution in [2.45, 2.75) is 26.8 Å². The summed E-state index contributed by atoms with van der Waals surface area (Å²) in [6.07, 6.45) is 0. The van der Waals surface area contributed by atoms with Gasteiger partial charge in [-0.3, -0.25) is 9.59 Å². The van der Waals surface area contributed by atoms with Crippen molar-refractivity contribution in [3.05, 3.63) is 46.0 Å². The maximum atomic E-state index is 12.7. The van der Waals surface area contributed by atoms with Gasteiger partial charge in [-0.1, -0.05) is 30.5 Å². The Kier molecular flexibility index (Phi) is 5.19. The van der Waals surface area contributed by atoms with Crippen molar-refractivity contribution >= 4 is 23.2 Å². The van der Waals surface area contributed by atoms with E-state index < -0.39 is 6.04 Å². The van der Waals surface area contributed by atoms with Crippen LogP contribution in [0.2, 0.25) is 0 Å². The van der Waals surface area contributed by atoms with Crippen LogP contribution in [-0.2, 0) is 0 Å². The molecular weight excluding hydrogens is 312 g/mol. The maximum absolute atomic E-state index is 12.7. The number of hydrogen-bond donors (Lipinski definition) is 1. The van der Waals surface area contributed by atoms with E-state index in [-0.39, 0.29) is 17.6 Å². The molecule has 2 rings (SSSR count). The largest absolute Gasteiger partial charge is 0.341 e. The fraction of sp³-hybridized carbons (Fsp3) is 0.312. The van der Waals surface area contributed by atoms with Crippen molar-refractivity contribution in [1.82, 2.24) is 14.9 Å². The Hall–Kier alpha value is -2.59. The molecular formula is C16H16N4O2S. The zero-order chi connectivity index (χ0) is 17.0. The van der Waals surface area contributed by atoms with E-state index in [2.05, 4.69) is 14.9 Å². The summed E-state index contributed by atoms with van der Waals surface area (Å²) in [5.41, 5.74) is 1.49. The molecule has 0 aliphatic rings. The van der Waals surface area contributed by atoms with Crippen LogP contribution in [0.25, 0.3) is 0 Å². The number of carbonyl (C=O) groups is 2. The van der Waals surface area contributed by atoms with E-state index in [1.807, 2.05) is 19.9 Å². The molecule has 0 spiro atoms. The lowest BCUT2D eigenvalue weighted by Gasteiger charge is -2.21. The Morgan fingerprint density at radius 1 is 1.26 bits per heavy atom. The van der Waals surface area contributed by atoms with Crippen molar-refractivity contribution < 1.29 is 9.59 Å². The molecule has 0 bridgehead atoms. The maximum Gasteiger partial charge on any atom is 0.265 e. The zero-order valence-electron chi connectivity index (χ0n) is 13.0. The number of carbonyl (C=O) groups excluding carboxylic acids is 2. The highest BCUT2D eigenvalue weighted by Crippen LogP contribution is 2.15. The molecule has 23 heavy (non-hydrogen) atoms. The lowest BCUT2D eigenvalue weighted by atomic mass is 9.94. The molecule has 0 radical (unpaired) electrons. The molecule has 2 aromatic rings. The summed E-state index contributed by atoms with van der Waals surface area (Å²) in [4.78, 5) is 25.4. The summed E-state index contributed by atoms with van der Waals surface area (Å²) in [6.45, 7) is 5.43. The quantitative estimate of drug-likeness (QED) is 0.850. The number of hydrogen-bond acceptors (Lipinski definition) is 6. The van der Waals surface area contributed by atoms with E-state index in [1.54, 1.807) is 31.2 Å². The van der Waals surface area contributed by atoms with Gasteiger partial charge in [-0.05, 0) is 36.5 Å². The summed E-state index contributed by atoms with van der Waals surface area (Å²) in [5, 5.41) is 15.4. The Balaban J connectivity index is 2.20. The van der Waals surface area contributed by atoms with Crippen LogP contribution in [0.5, 0.6) is 0 Å². The number of nitriles is 1. The van der Waals surface area contributed by atoms with Crippen LogP contribution in [-0.4, -0.2) is 27.3 Å². The van der Waals surface area contributed by atoms with E-state index in [0.29, 0.717) is 21.7 Å².